The fraction of sp³-hybridized carbons (Fsp3) is 0.125. The number of carboxylic acids is 1. The Labute approximate surface area is 74.4 Å². The van der Waals surface area contributed by atoms with Crippen LogP contribution in [0.15, 0.2) is 12.4 Å². The first-order valence-electron chi connectivity index (χ1n) is 3.35. The van der Waals surface area contributed by atoms with Gasteiger partial charge in [0, 0.05) is 0 Å². The number of ether oxygens (including phenoxy) is 1. The van der Waals surface area contributed by atoms with Gasteiger partial charge in [0.05, 0.1) is 12.4 Å². The smallest absolute Gasteiger partial charge is 0.356 e. The molecule has 0 aliphatic rings. The number of aromatic carboxylic acids is 1. The van der Waals surface area contributed by atoms with E-state index in [0.29, 0.717) is 0 Å². The highest BCUT2D eigenvalue weighted by Gasteiger charge is 2.05. The van der Waals surface area contributed by atoms with Gasteiger partial charge in [-0.15, -0.1) is 6.42 Å². The highest BCUT2D eigenvalue weighted by atomic mass is 16.5. The summed E-state index contributed by atoms with van der Waals surface area (Å²) in [5.41, 5.74) is -0.172. The summed E-state index contributed by atoms with van der Waals surface area (Å²) in [5.74, 6) is 1.18. The SMILES string of the molecule is C#CCOc1cncc(C(=O)O)n1. The largest absolute Gasteiger partial charge is 0.476 e. The van der Waals surface area contributed by atoms with Crippen LogP contribution in [0.5, 0.6) is 5.88 Å². The minimum atomic E-state index is -1.15. The molecule has 0 atom stereocenters. The second-order valence-corrected chi connectivity index (χ2v) is 2.04. The number of rotatable bonds is 3. The minimum absolute atomic E-state index is 0.0394. The lowest BCUT2D eigenvalue weighted by Crippen LogP contribution is -2.04. The lowest BCUT2D eigenvalue weighted by molar-refractivity contribution is 0.0688. The molecule has 0 aromatic carbocycles. The predicted octanol–water partition coefficient (Wildman–Crippen LogP) is 0.187. The van der Waals surface area contributed by atoms with Gasteiger partial charge in [0.15, 0.2) is 12.3 Å². The van der Waals surface area contributed by atoms with Gasteiger partial charge in [0.2, 0.25) is 5.88 Å². The van der Waals surface area contributed by atoms with Crippen molar-refractivity contribution in [1.82, 2.24) is 9.97 Å². The molecule has 0 saturated carbocycles. The van der Waals surface area contributed by atoms with Crippen LogP contribution in [0.4, 0.5) is 0 Å². The second kappa shape index (κ2) is 4.07. The maximum atomic E-state index is 10.4. The lowest BCUT2D eigenvalue weighted by Gasteiger charge is -1.99. The van der Waals surface area contributed by atoms with Crippen LogP contribution < -0.4 is 4.74 Å². The van der Waals surface area contributed by atoms with E-state index in [0.717, 1.165) is 6.20 Å². The van der Waals surface area contributed by atoms with E-state index in [1.165, 1.54) is 6.20 Å². The third-order valence-electron chi connectivity index (χ3n) is 1.13. The maximum absolute atomic E-state index is 10.4. The molecule has 0 saturated heterocycles. The van der Waals surface area contributed by atoms with Crippen molar-refractivity contribution in [2.75, 3.05) is 6.61 Å². The highest BCUT2D eigenvalue weighted by molar-refractivity contribution is 5.84. The summed E-state index contributed by atoms with van der Waals surface area (Å²) in [6.07, 6.45) is 7.36. The third kappa shape index (κ3) is 2.45. The van der Waals surface area contributed by atoms with E-state index in [1.807, 2.05) is 0 Å². The van der Waals surface area contributed by atoms with Gasteiger partial charge in [-0.25, -0.2) is 9.78 Å². The summed E-state index contributed by atoms with van der Waals surface area (Å²) < 4.78 is 4.87. The number of aromatic nitrogens is 2. The Bertz CT molecular complexity index is 357. The van der Waals surface area contributed by atoms with Gasteiger partial charge in [-0.1, -0.05) is 5.92 Å². The Balaban J connectivity index is 2.80. The average molecular weight is 178 g/mol. The Morgan fingerprint density at radius 1 is 1.69 bits per heavy atom. The molecule has 1 aromatic heterocycles. The average Bonchev–Trinajstić information content (AvgIpc) is 2.15. The molecule has 0 aliphatic heterocycles. The number of carbonyl (C=O) groups is 1. The molecule has 0 unspecified atom stereocenters. The number of nitrogens with zero attached hydrogens (tertiary/aromatic N) is 2. The van der Waals surface area contributed by atoms with E-state index >= 15 is 0 Å². The van der Waals surface area contributed by atoms with Crippen LogP contribution in [-0.2, 0) is 0 Å². The third-order valence-corrected chi connectivity index (χ3v) is 1.13. The van der Waals surface area contributed by atoms with Crippen molar-refractivity contribution < 1.29 is 14.6 Å². The molecule has 0 spiro atoms. The molecular formula is C8H6N2O3. The van der Waals surface area contributed by atoms with E-state index in [2.05, 4.69) is 15.9 Å². The minimum Gasteiger partial charge on any atom is -0.476 e. The summed E-state index contributed by atoms with van der Waals surface area (Å²) in [5, 5.41) is 8.54. The molecule has 1 N–H and O–H groups in total. The summed E-state index contributed by atoms with van der Waals surface area (Å²) in [4.78, 5) is 17.7. The Kier molecular flexibility index (Phi) is 2.82. The molecule has 0 radical (unpaired) electrons. The van der Waals surface area contributed by atoms with E-state index in [9.17, 15) is 4.79 Å². The molecule has 0 aliphatic carbocycles. The van der Waals surface area contributed by atoms with E-state index in [-0.39, 0.29) is 18.2 Å². The highest BCUT2D eigenvalue weighted by Crippen LogP contribution is 2.04. The van der Waals surface area contributed by atoms with Gasteiger partial charge in [0.25, 0.3) is 0 Å². The molecule has 5 heteroatoms. The first-order valence-corrected chi connectivity index (χ1v) is 3.35. The molecule has 5 nitrogen and oxygen atoms in total. The molecule has 1 rings (SSSR count). The van der Waals surface area contributed by atoms with Crippen molar-refractivity contribution in [3.63, 3.8) is 0 Å². The lowest BCUT2D eigenvalue weighted by atomic mass is 10.5. The monoisotopic (exact) mass is 178 g/mol. The van der Waals surface area contributed by atoms with Gasteiger partial charge >= 0.3 is 5.97 Å². The van der Waals surface area contributed by atoms with Crippen LogP contribution in [0.3, 0.4) is 0 Å². The molecule has 0 bridgehead atoms. The quantitative estimate of drug-likeness (QED) is 0.668. The molecule has 66 valence electrons. The van der Waals surface area contributed by atoms with E-state index in [1.54, 1.807) is 0 Å². The molecule has 0 amide bonds. The summed E-state index contributed by atoms with van der Waals surface area (Å²) in [6, 6.07) is 0. The summed E-state index contributed by atoms with van der Waals surface area (Å²) >= 11 is 0. The van der Waals surface area contributed by atoms with Crippen LogP contribution in [0.2, 0.25) is 0 Å². The van der Waals surface area contributed by atoms with Crippen LogP contribution in [0.1, 0.15) is 10.5 Å². The van der Waals surface area contributed by atoms with Gasteiger partial charge in [-0.2, -0.15) is 0 Å². The molecule has 0 fully saturated rings. The Morgan fingerprint density at radius 3 is 3.08 bits per heavy atom. The van der Waals surface area contributed by atoms with Crippen LogP contribution in [-0.4, -0.2) is 27.7 Å². The number of hydrogen-bond donors (Lipinski definition) is 1. The van der Waals surface area contributed by atoms with Crippen LogP contribution >= 0.6 is 0 Å². The van der Waals surface area contributed by atoms with E-state index < -0.39 is 5.97 Å². The summed E-state index contributed by atoms with van der Waals surface area (Å²) in [6.45, 7) is 0.0394. The second-order valence-electron chi connectivity index (χ2n) is 2.04. The van der Waals surface area contributed by atoms with Gasteiger partial charge in [0.1, 0.15) is 0 Å². The molecule has 1 heterocycles. The zero-order valence-electron chi connectivity index (χ0n) is 6.60. The van der Waals surface area contributed by atoms with Gasteiger partial charge in [-0.3, -0.25) is 4.98 Å². The fourth-order valence-electron chi connectivity index (χ4n) is 0.636. The maximum Gasteiger partial charge on any atom is 0.356 e. The molecule has 13 heavy (non-hydrogen) atoms. The topological polar surface area (TPSA) is 72.3 Å². The van der Waals surface area contributed by atoms with Crippen molar-refractivity contribution in [2.45, 2.75) is 0 Å². The standard InChI is InChI=1S/C8H6N2O3/c1-2-3-13-7-5-9-4-6(10-7)8(11)12/h1,4-5H,3H2,(H,11,12). The van der Waals surface area contributed by atoms with Crippen molar-refractivity contribution in [2.24, 2.45) is 0 Å². The van der Waals surface area contributed by atoms with Crippen molar-refractivity contribution in [3.8, 4) is 18.2 Å². The summed E-state index contributed by atoms with van der Waals surface area (Å²) in [7, 11) is 0. The van der Waals surface area contributed by atoms with Crippen molar-refractivity contribution in [1.29, 1.82) is 0 Å². The van der Waals surface area contributed by atoms with Crippen LogP contribution in [0.25, 0.3) is 0 Å². The van der Waals surface area contributed by atoms with Gasteiger partial charge < -0.3 is 9.84 Å². The fourth-order valence-corrected chi connectivity index (χ4v) is 0.636. The normalized spacial score (nSPS) is 8.85. The molecule has 1 aromatic rings. The Morgan fingerprint density at radius 2 is 2.46 bits per heavy atom. The van der Waals surface area contributed by atoms with Crippen LogP contribution in [0, 0.1) is 12.3 Å². The van der Waals surface area contributed by atoms with Crippen molar-refractivity contribution >= 4 is 5.97 Å². The zero-order chi connectivity index (χ0) is 9.68. The number of carboxylic acid groups (broad SMARTS) is 1. The number of terminal acetylenes is 1. The van der Waals surface area contributed by atoms with Crippen molar-refractivity contribution in [3.05, 3.63) is 18.1 Å². The first kappa shape index (κ1) is 9.00. The van der Waals surface area contributed by atoms with E-state index in [4.69, 9.17) is 16.3 Å². The predicted molar refractivity (Wildman–Crippen MR) is 43.3 cm³/mol. The zero-order valence-corrected chi connectivity index (χ0v) is 6.60. The molecular weight excluding hydrogens is 172 g/mol. The first-order chi connectivity index (χ1) is 6.24. The Hall–Kier alpha value is -2.09. The van der Waals surface area contributed by atoms with Gasteiger partial charge in [-0.05, 0) is 0 Å². The number of hydrogen-bond acceptors (Lipinski definition) is 4.